The number of carboxylic acids is 1. The van der Waals surface area contributed by atoms with Crippen LogP contribution in [-0.2, 0) is 20.8 Å². The molecule has 6 nitrogen and oxygen atoms in total. The van der Waals surface area contributed by atoms with Gasteiger partial charge in [0.25, 0.3) is 0 Å². The molecule has 2 amide bonds. The topological polar surface area (TPSA) is 95.5 Å². The van der Waals surface area contributed by atoms with Crippen LogP contribution in [0.5, 0.6) is 0 Å². The summed E-state index contributed by atoms with van der Waals surface area (Å²) in [6.45, 7) is -0.376. The van der Waals surface area contributed by atoms with Crippen molar-refractivity contribution >= 4 is 23.5 Å². The van der Waals surface area contributed by atoms with Gasteiger partial charge in [-0.25, -0.2) is 0 Å². The van der Waals surface area contributed by atoms with Gasteiger partial charge in [-0.15, -0.1) is 0 Å². The van der Waals surface area contributed by atoms with Crippen LogP contribution in [0, 0.1) is 29.6 Å². The van der Waals surface area contributed by atoms with E-state index in [0.717, 1.165) is 23.1 Å². The summed E-state index contributed by atoms with van der Waals surface area (Å²) in [7, 11) is 0. The summed E-state index contributed by atoms with van der Waals surface area (Å²) in [6, 6.07) is 7.16. The van der Waals surface area contributed by atoms with Crippen molar-refractivity contribution in [2.75, 3.05) is 11.9 Å². The molecule has 0 saturated heterocycles. The fourth-order valence-corrected chi connectivity index (χ4v) is 5.03. The molecule has 3 saturated carbocycles. The van der Waals surface area contributed by atoms with E-state index < -0.39 is 5.97 Å². The summed E-state index contributed by atoms with van der Waals surface area (Å²) in [5.41, 5.74) is 1.53. The fraction of sp³-hybridized carbons (Fsp3) is 0.526. The zero-order chi connectivity index (χ0) is 17.6. The van der Waals surface area contributed by atoms with Crippen molar-refractivity contribution in [2.45, 2.75) is 25.7 Å². The molecule has 3 N–H and O–H groups in total. The van der Waals surface area contributed by atoms with Crippen LogP contribution >= 0.6 is 0 Å². The van der Waals surface area contributed by atoms with Gasteiger partial charge in [0.05, 0.1) is 6.42 Å². The van der Waals surface area contributed by atoms with E-state index in [1.54, 1.807) is 24.3 Å². The van der Waals surface area contributed by atoms with E-state index in [2.05, 4.69) is 10.6 Å². The van der Waals surface area contributed by atoms with E-state index in [1.165, 1.54) is 19.3 Å². The summed E-state index contributed by atoms with van der Waals surface area (Å²) in [5.74, 6) is 1.73. The van der Waals surface area contributed by atoms with E-state index >= 15 is 0 Å². The second kappa shape index (κ2) is 6.17. The molecular formula is C19H22N2O4. The third-order valence-electron chi connectivity index (χ3n) is 6.06. The first-order valence-corrected chi connectivity index (χ1v) is 8.91. The van der Waals surface area contributed by atoms with Gasteiger partial charge >= 0.3 is 5.97 Å². The first-order chi connectivity index (χ1) is 12.0. The third-order valence-corrected chi connectivity index (χ3v) is 6.06. The lowest BCUT2D eigenvalue weighted by molar-refractivity contribution is -0.137. The van der Waals surface area contributed by atoms with Gasteiger partial charge in [0.1, 0.15) is 6.54 Å². The summed E-state index contributed by atoms with van der Waals surface area (Å²) >= 11 is 0. The highest BCUT2D eigenvalue weighted by Crippen LogP contribution is 2.69. The van der Waals surface area contributed by atoms with Gasteiger partial charge < -0.3 is 15.7 Å². The molecule has 0 aromatic heterocycles. The van der Waals surface area contributed by atoms with Crippen LogP contribution in [0.2, 0.25) is 0 Å². The van der Waals surface area contributed by atoms with Gasteiger partial charge in [-0.3, -0.25) is 14.4 Å². The summed E-state index contributed by atoms with van der Waals surface area (Å²) in [4.78, 5) is 34.5. The van der Waals surface area contributed by atoms with Crippen LogP contribution < -0.4 is 10.6 Å². The number of hydrogen-bond acceptors (Lipinski definition) is 3. The van der Waals surface area contributed by atoms with Gasteiger partial charge in [0.2, 0.25) is 11.8 Å². The lowest BCUT2D eigenvalue weighted by Crippen LogP contribution is -2.30. The normalized spacial score (nSPS) is 31.3. The number of rotatable bonds is 6. The SMILES string of the molecule is O=C(O)CNC(=O)Cc1ccc(NC(=O)C2C3C4CCC(C4)C23)cc1. The Balaban J connectivity index is 1.28. The number of nitrogens with one attached hydrogen (secondary N) is 2. The Hall–Kier alpha value is -2.37. The smallest absolute Gasteiger partial charge is 0.322 e. The van der Waals surface area contributed by atoms with Crippen LogP contribution in [0.4, 0.5) is 5.69 Å². The Morgan fingerprint density at radius 3 is 2.28 bits per heavy atom. The summed E-state index contributed by atoms with van der Waals surface area (Å²) in [5, 5.41) is 13.9. The van der Waals surface area contributed by atoms with E-state index in [1.807, 2.05) is 0 Å². The Bertz CT molecular complexity index is 699. The number of aliphatic carboxylic acids is 1. The van der Waals surface area contributed by atoms with Gasteiger partial charge in [0.15, 0.2) is 0 Å². The molecule has 3 aliphatic rings. The molecule has 6 heteroatoms. The predicted octanol–water partition coefficient (Wildman–Crippen LogP) is 1.66. The number of carbonyl (C=O) groups excluding carboxylic acids is 2. The van der Waals surface area contributed by atoms with Gasteiger partial charge in [0, 0.05) is 11.6 Å². The highest BCUT2D eigenvalue weighted by molar-refractivity contribution is 5.95. The number of benzene rings is 1. The van der Waals surface area contributed by atoms with Crippen LogP contribution in [0.3, 0.4) is 0 Å². The maximum Gasteiger partial charge on any atom is 0.322 e. The Labute approximate surface area is 146 Å². The number of carboxylic acid groups (broad SMARTS) is 1. The van der Waals surface area contributed by atoms with Crippen molar-refractivity contribution in [2.24, 2.45) is 29.6 Å². The molecule has 3 fully saturated rings. The van der Waals surface area contributed by atoms with Crippen molar-refractivity contribution < 1.29 is 19.5 Å². The largest absolute Gasteiger partial charge is 0.480 e. The molecular weight excluding hydrogens is 320 g/mol. The van der Waals surface area contributed by atoms with Crippen LogP contribution in [0.15, 0.2) is 24.3 Å². The minimum Gasteiger partial charge on any atom is -0.480 e. The quantitative estimate of drug-likeness (QED) is 0.733. The lowest BCUT2D eigenvalue weighted by Gasteiger charge is -2.10. The lowest BCUT2D eigenvalue weighted by atomic mass is 10.0. The Morgan fingerprint density at radius 1 is 1.04 bits per heavy atom. The first kappa shape index (κ1) is 16.1. The molecule has 3 aliphatic carbocycles. The molecule has 2 bridgehead atoms. The first-order valence-electron chi connectivity index (χ1n) is 8.91. The third kappa shape index (κ3) is 3.13. The average Bonchev–Trinajstić information content (AvgIpc) is 3.03. The number of fused-ring (bicyclic) bond motifs is 5. The fourth-order valence-electron chi connectivity index (χ4n) is 5.03. The molecule has 4 rings (SSSR count). The number of hydrogen-bond donors (Lipinski definition) is 3. The van der Waals surface area contributed by atoms with Gasteiger partial charge in [-0.2, -0.15) is 0 Å². The number of anilines is 1. The van der Waals surface area contributed by atoms with Crippen molar-refractivity contribution in [3.63, 3.8) is 0 Å². The highest BCUT2D eigenvalue weighted by atomic mass is 16.4. The molecule has 1 aromatic rings. The van der Waals surface area contributed by atoms with Crippen molar-refractivity contribution in [3.05, 3.63) is 29.8 Å². The maximum atomic E-state index is 12.5. The molecule has 25 heavy (non-hydrogen) atoms. The average molecular weight is 342 g/mol. The van der Waals surface area contributed by atoms with Crippen LogP contribution in [-0.4, -0.2) is 29.4 Å². The molecule has 0 aliphatic heterocycles. The highest BCUT2D eigenvalue weighted by Gasteiger charge is 2.67. The van der Waals surface area contributed by atoms with E-state index in [-0.39, 0.29) is 30.7 Å². The van der Waals surface area contributed by atoms with E-state index in [0.29, 0.717) is 11.8 Å². The minimum atomic E-state index is -1.07. The second-order valence-electron chi connectivity index (χ2n) is 7.55. The monoisotopic (exact) mass is 342 g/mol. The number of carbonyl (C=O) groups is 3. The van der Waals surface area contributed by atoms with Gasteiger partial charge in [-0.05, 0) is 60.6 Å². The molecule has 4 atom stereocenters. The van der Waals surface area contributed by atoms with Crippen molar-refractivity contribution in [1.82, 2.24) is 5.32 Å². The Morgan fingerprint density at radius 2 is 1.68 bits per heavy atom. The molecule has 4 unspecified atom stereocenters. The van der Waals surface area contributed by atoms with Crippen LogP contribution in [0.25, 0.3) is 0 Å². The molecule has 0 spiro atoms. The van der Waals surface area contributed by atoms with Crippen molar-refractivity contribution in [1.29, 1.82) is 0 Å². The van der Waals surface area contributed by atoms with Gasteiger partial charge in [-0.1, -0.05) is 12.1 Å². The zero-order valence-corrected chi connectivity index (χ0v) is 13.9. The minimum absolute atomic E-state index is 0.123. The van der Waals surface area contributed by atoms with Crippen LogP contribution in [0.1, 0.15) is 24.8 Å². The number of amides is 2. The second-order valence-corrected chi connectivity index (χ2v) is 7.55. The summed E-state index contributed by atoms with van der Waals surface area (Å²) < 4.78 is 0. The Kier molecular flexibility index (Phi) is 3.98. The van der Waals surface area contributed by atoms with Crippen molar-refractivity contribution in [3.8, 4) is 0 Å². The summed E-state index contributed by atoms with van der Waals surface area (Å²) in [6.07, 6.45) is 4.05. The standard InChI is InChI=1S/C19H22N2O4/c22-14(20-9-15(23)24)7-10-1-5-13(6-2-10)21-19(25)18-16-11-3-4-12(8-11)17(16)18/h1-2,5-6,11-12,16-18H,3-4,7-9H2,(H,20,22)(H,21,25)(H,23,24). The van der Waals surface area contributed by atoms with E-state index in [4.69, 9.17) is 5.11 Å². The predicted molar refractivity (Wildman–Crippen MR) is 90.7 cm³/mol. The maximum absolute atomic E-state index is 12.5. The molecule has 0 radical (unpaired) electrons. The van der Waals surface area contributed by atoms with E-state index in [9.17, 15) is 14.4 Å². The zero-order valence-electron chi connectivity index (χ0n) is 13.9. The molecule has 0 heterocycles. The molecule has 132 valence electrons. The molecule has 1 aromatic carbocycles.